The van der Waals surface area contributed by atoms with E-state index in [0.717, 1.165) is 23.7 Å². The van der Waals surface area contributed by atoms with Crippen molar-refractivity contribution in [1.82, 2.24) is 20.4 Å². The number of pyridine rings is 1. The molecule has 25 heavy (non-hydrogen) atoms. The summed E-state index contributed by atoms with van der Waals surface area (Å²) < 4.78 is 5.55. The standard InChI is InChI=1S/C20H28N4O/c1-24(16-5-7-20(8-6-16)9-12-21-13-10-20)15-17-14-19(23-25-17)18-4-2-3-11-22-18/h2-4,11,14,16,21H,5-10,12-13,15H2,1H3. The Morgan fingerprint density at radius 1 is 1.16 bits per heavy atom. The van der Waals surface area contributed by atoms with Gasteiger partial charge in [0.15, 0.2) is 5.76 Å². The molecule has 2 aromatic rings. The summed E-state index contributed by atoms with van der Waals surface area (Å²) in [4.78, 5) is 6.78. The summed E-state index contributed by atoms with van der Waals surface area (Å²) in [7, 11) is 2.22. The first-order valence-electron chi connectivity index (χ1n) is 9.52. The van der Waals surface area contributed by atoms with Gasteiger partial charge in [0.2, 0.25) is 0 Å². The molecule has 1 N–H and O–H groups in total. The molecule has 0 unspecified atom stereocenters. The highest BCUT2D eigenvalue weighted by Crippen LogP contribution is 2.44. The van der Waals surface area contributed by atoms with Crippen LogP contribution in [0.25, 0.3) is 11.4 Å². The van der Waals surface area contributed by atoms with E-state index < -0.39 is 0 Å². The molecule has 1 aliphatic carbocycles. The summed E-state index contributed by atoms with van der Waals surface area (Å²) in [6.07, 6.45) is 9.86. The van der Waals surface area contributed by atoms with E-state index in [4.69, 9.17) is 4.52 Å². The SMILES string of the molecule is CN(Cc1cc(-c2ccccn2)no1)C1CCC2(CCNCC2)CC1. The van der Waals surface area contributed by atoms with E-state index in [-0.39, 0.29) is 0 Å². The minimum atomic E-state index is 0.626. The fraction of sp³-hybridized carbons (Fsp3) is 0.600. The molecule has 5 nitrogen and oxygen atoms in total. The molecule has 1 spiro atoms. The fourth-order valence-corrected chi connectivity index (χ4v) is 4.51. The highest BCUT2D eigenvalue weighted by molar-refractivity contribution is 5.52. The summed E-state index contributed by atoms with van der Waals surface area (Å²) in [5.74, 6) is 0.922. The van der Waals surface area contributed by atoms with Gasteiger partial charge in [-0.05, 0) is 76.2 Å². The first-order chi connectivity index (χ1) is 12.2. The fourth-order valence-electron chi connectivity index (χ4n) is 4.51. The molecule has 2 aliphatic rings. The lowest BCUT2D eigenvalue weighted by molar-refractivity contribution is 0.0704. The van der Waals surface area contributed by atoms with E-state index >= 15 is 0 Å². The minimum Gasteiger partial charge on any atom is -0.359 e. The number of rotatable bonds is 4. The highest BCUT2D eigenvalue weighted by atomic mass is 16.5. The number of nitrogens with zero attached hydrogens (tertiary/aromatic N) is 3. The summed E-state index contributed by atoms with van der Waals surface area (Å²) in [5.41, 5.74) is 2.31. The van der Waals surface area contributed by atoms with Crippen molar-refractivity contribution < 1.29 is 4.52 Å². The topological polar surface area (TPSA) is 54.2 Å². The number of hydrogen-bond acceptors (Lipinski definition) is 5. The van der Waals surface area contributed by atoms with Gasteiger partial charge in [-0.3, -0.25) is 9.88 Å². The summed E-state index contributed by atoms with van der Waals surface area (Å²) in [5, 5.41) is 7.69. The Hall–Kier alpha value is -1.72. The van der Waals surface area contributed by atoms with Gasteiger partial charge in [0.1, 0.15) is 5.69 Å². The minimum absolute atomic E-state index is 0.626. The van der Waals surface area contributed by atoms with Gasteiger partial charge in [-0.1, -0.05) is 11.2 Å². The molecule has 134 valence electrons. The molecule has 0 amide bonds. The van der Waals surface area contributed by atoms with Gasteiger partial charge in [0.25, 0.3) is 0 Å². The second kappa shape index (κ2) is 7.26. The van der Waals surface area contributed by atoms with Crippen molar-refractivity contribution in [3.63, 3.8) is 0 Å². The molecule has 0 radical (unpaired) electrons. The van der Waals surface area contributed by atoms with Crippen LogP contribution in [-0.4, -0.2) is 41.2 Å². The van der Waals surface area contributed by atoms with E-state index in [1.165, 1.54) is 51.6 Å². The smallest absolute Gasteiger partial charge is 0.151 e. The largest absolute Gasteiger partial charge is 0.359 e. The van der Waals surface area contributed by atoms with Crippen LogP contribution < -0.4 is 5.32 Å². The van der Waals surface area contributed by atoms with E-state index in [2.05, 4.69) is 27.4 Å². The number of hydrogen-bond donors (Lipinski definition) is 1. The third-order valence-corrected chi connectivity index (χ3v) is 6.19. The van der Waals surface area contributed by atoms with E-state index in [1.54, 1.807) is 6.20 Å². The number of piperidine rings is 1. The van der Waals surface area contributed by atoms with Crippen LogP contribution in [0, 0.1) is 5.41 Å². The van der Waals surface area contributed by atoms with Crippen molar-refractivity contribution in [3.05, 3.63) is 36.2 Å². The quantitative estimate of drug-likeness (QED) is 0.923. The van der Waals surface area contributed by atoms with Crippen LogP contribution in [-0.2, 0) is 6.54 Å². The molecular weight excluding hydrogens is 312 g/mol. The second-order valence-electron chi connectivity index (χ2n) is 7.79. The maximum atomic E-state index is 5.55. The first kappa shape index (κ1) is 16.7. The van der Waals surface area contributed by atoms with Crippen LogP contribution in [0.4, 0.5) is 0 Å². The lowest BCUT2D eigenvalue weighted by Crippen LogP contribution is -2.43. The predicted octanol–water partition coefficient (Wildman–Crippen LogP) is 3.48. The molecule has 1 saturated carbocycles. The van der Waals surface area contributed by atoms with Gasteiger partial charge in [-0.25, -0.2) is 0 Å². The van der Waals surface area contributed by atoms with E-state index in [1.807, 2.05) is 24.3 Å². The van der Waals surface area contributed by atoms with Crippen LogP contribution in [0.2, 0.25) is 0 Å². The first-order valence-corrected chi connectivity index (χ1v) is 9.52. The lowest BCUT2D eigenvalue weighted by atomic mass is 9.67. The molecule has 3 heterocycles. The van der Waals surface area contributed by atoms with E-state index in [0.29, 0.717) is 11.5 Å². The summed E-state index contributed by atoms with van der Waals surface area (Å²) >= 11 is 0. The van der Waals surface area contributed by atoms with Crippen LogP contribution in [0.3, 0.4) is 0 Å². The Morgan fingerprint density at radius 2 is 1.96 bits per heavy atom. The Labute approximate surface area is 149 Å². The average molecular weight is 340 g/mol. The van der Waals surface area contributed by atoms with Gasteiger partial charge in [-0.15, -0.1) is 0 Å². The van der Waals surface area contributed by atoms with Crippen LogP contribution >= 0.6 is 0 Å². The molecular formula is C20H28N4O. The van der Waals surface area contributed by atoms with Crippen LogP contribution in [0.1, 0.15) is 44.3 Å². The molecule has 2 fully saturated rings. The zero-order valence-corrected chi connectivity index (χ0v) is 15.1. The third kappa shape index (κ3) is 3.77. The van der Waals surface area contributed by atoms with Crippen LogP contribution in [0.15, 0.2) is 35.0 Å². The Morgan fingerprint density at radius 3 is 2.68 bits per heavy atom. The average Bonchev–Trinajstić information content (AvgIpc) is 3.12. The molecule has 0 bridgehead atoms. The van der Waals surface area contributed by atoms with Crippen molar-refractivity contribution in [2.24, 2.45) is 5.41 Å². The normalized spacial score (nSPS) is 21.0. The monoisotopic (exact) mass is 340 g/mol. The highest BCUT2D eigenvalue weighted by Gasteiger charge is 2.37. The van der Waals surface area contributed by atoms with Gasteiger partial charge in [0, 0.05) is 18.3 Å². The van der Waals surface area contributed by atoms with Gasteiger partial charge < -0.3 is 9.84 Å². The maximum Gasteiger partial charge on any atom is 0.151 e. The second-order valence-corrected chi connectivity index (χ2v) is 7.79. The van der Waals surface area contributed by atoms with Crippen molar-refractivity contribution in [1.29, 1.82) is 0 Å². The maximum absolute atomic E-state index is 5.55. The van der Waals surface area contributed by atoms with Crippen molar-refractivity contribution in [2.75, 3.05) is 20.1 Å². The zero-order valence-electron chi connectivity index (χ0n) is 15.1. The van der Waals surface area contributed by atoms with Crippen LogP contribution in [0.5, 0.6) is 0 Å². The molecule has 0 aromatic carbocycles. The zero-order chi connectivity index (χ0) is 17.1. The van der Waals surface area contributed by atoms with E-state index in [9.17, 15) is 0 Å². The number of nitrogens with one attached hydrogen (secondary N) is 1. The molecule has 1 aliphatic heterocycles. The number of aromatic nitrogens is 2. The van der Waals surface area contributed by atoms with Crippen molar-refractivity contribution >= 4 is 0 Å². The summed E-state index contributed by atoms with van der Waals surface area (Å²) in [6.45, 7) is 3.22. The molecule has 0 atom stereocenters. The Balaban J connectivity index is 1.33. The molecule has 2 aromatic heterocycles. The summed E-state index contributed by atoms with van der Waals surface area (Å²) in [6, 6.07) is 8.53. The van der Waals surface area contributed by atoms with Crippen molar-refractivity contribution in [2.45, 2.75) is 51.1 Å². The lowest BCUT2D eigenvalue weighted by Gasteiger charge is -2.45. The Kier molecular flexibility index (Phi) is 4.86. The van der Waals surface area contributed by atoms with Gasteiger partial charge >= 0.3 is 0 Å². The Bertz CT molecular complexity index is 668. The van der Waals surface area contributed by atoms with Crippen molar-refractivity contribution in [3.8, 4) is 11.4 Å². The molecule has 1 saturated heterocycles. The predicted molar refractivity (Wildman–Crippen MR) is 98.0 cm³/mol. The molecule has 4 rings (SSSR count). The third-order valence-electron chi connectivity index (χ3n) is 6.19. The molecule has 5 heteroatoms. The van der Waals surface area contributed by atoms with Gasteiger partial charge in [-0.2, -0.15) is 0 Å². The van der Waals surface area contributed by atoms with Gasteiger partial charge in [0.05, 0.1) is 12.2 Å².